The first-order valence-electron chi connectivity index (χ1n) is 17.1. The fourth-order valence-electron chi connectivity index (χ4n) is 4.40. The van der Waals surface area contributed by atoms with E-state index in [1.807, 2.05) is 6.07 Å². The number of benzene rings is 3. The van der Waals surface area contributed by atoms with Gasteiger partial charge in [0.05, 0.1) is 66.8 Å². The lowest BCUT2D eigenvalue weighted by Crippen LogP contribution is -2.44. The molecule has 232 valence electrons. The molecule has 5 N–H and O–H groups in total. The zero-order chi connectivity index (χ0) is 39.6. The zero-order valence-corrected chi connectivity index (χ0v) is 24.6. The Bertz CT molecular complexity index is 1930. The zero-order valence-electron chi connectivity index (χ0n) is 32.0. The summed E-state index contributed by atoms with van der Waals surface area (Å²) in [4.78, 5) is 52.5. The fourth-order valence-corrected chi connectivity index (χ4v) is 4.95. The molecule has 3 aromatic carbocycles. The van der Waals surface area contributed by atoms with Gasteiger partial charge in [0.25, 0.3) is 11.8 Å². The number of nitrogens with one attached hydrogen (secondary N) is 4. The number of hydrogen-bond donors (Lipinski definition) is 5. The molecule has 0 unspecified atom stereocenters. The molecule has 0 bridgehead atoms. The summed E-state index contributed by atoms with van der Waals surface area (Å²) in [5, 5.41) is 18.6. The third-order valence-corrected chi connectivity index (χ3v) is 7.07. The van der Waals surface area contributed by atoms with Gasteiger partial charge in [-0.25, -0.2) is 0 Å². The van der Waals surface area contributed by atoms with Crippen LogP contribution in [0.5, 0.6) is 28.7 Å². The van der Waals surface area contributed by atoms with Crippen LogP contribution < -0.4 is 40.2 Å². The standard InChI is InChI=1S/C30H31BrN4O9/c1-14-6-15(2)8-16(7-14)44-22-9-17-19(33-30(40)21(35-28(17)38)12-24(37)32-13-36)11-20(22)34-29(39)18-10-23(41-3)26(42-4)27(43-5)25(18)31/h6-11,21,36H,12-13H2,1-5H3,(H,32,37)(H,33,40)(H,34,39)(H,35,38)/t21-/m0/s1/i3D3,4D3,5D3. The molecule has 4 rings (SSSR count). The van der Waals surface area contributed by atoms with E-state index in [1.54, 1.807) is 26.0 Å². The SMILES string of the molecule is [2H]C([2H])([2H])Oc1cc(C(=O)Nc2cc3c(cc2Oc2cc(C)cc(C)c2)C(=O)N[C@@H](CC(=O)NCO)C(=O)N3)c(Br)c(OC([2H])([2H])[2H])c1OC([2H])([2H])[2H]. The van der Waals surface area contributed by atoms with E-state index >= 15 is 0 Å². The van der Waals surface area contributed by atoms with Crippen molar-refractivity contribution >= 4 is 50.9 Å². The topological polar surface area (TPSA) is 174 Å². The van der Waals surface area contributed by atoms with Crippen molar-refractivity contribution in [3.8, 4) is 28.7 Å². The van der Waals surface area contributed by atoms with Crippen molar-refractivity contribution in [1.29, 1.82) is 0 Å². The number of aliphatic hydroxyl groups is 1. The van der Waals surface area contributed by atoms with Crippen LogP contribution in [0.15, 0.2) is 40.9 Å². The molecular weight excluding hydrogens is 640 g/mol. The fraction of sp³-hybridized carbons (Fsp3) is 0.267. The largest absolute Gasteiger partial charge is 0.493 e. The van der Waals surface area contributed by atoms with Gasteiger partial charge in [0.1, 0.15) is 18.5 Å². The molecule has 14 heteroatoms. The number of hydrogen-bond acceptors (Lipinski definition) is 9. The molecule has 0 spiro atoms. The summed E-state index contributed by atoms with van der Waals surface area (Å²) in [6, 6.07) is 6.92. The van der Waals surface area contributed by atoms with Crippen LogP contribution >= 0.6 is 15.9 Å². The molecule has 1 atom stereocenters. The number of aliphatic hydroxyl groups excluding tert-OH is 1. The van der Waals surface area contributed by atoms with Gasteiger partial charge in [-0.3, -0.25) is 19.2 Å². The number of fused-ring (bicyclic) bond motifs is 1. The maximum absolute atomic E-state index is 14.0. The summed E-state index contributed by atoms with van der Waals surface area (Å²) < 4.78 is 88.5. The number of carbonyl (C=O) groups excluding carboxylic acids is 4. The molecule has 0 radical (unpaired) electrons. The van der Waals surface area contributed by atoms with Crippen molar-refractivity contribution in [3.63, 3.8) is 0 Å². The molecule has 44 heavy (non-hydrogen) atoms. The Morgan fingerprint density at radius 3 is 2.36 bits per heavy atom. The molecule has 3 aromatic rings. The first kappa shape index (κ1) is 21.8. The van der Waals surface area contributed by atoms with Gasteiger partial charge in [0.15, 0.2) is 17.2 Å². The number of amides is 4. The van der Waals surface area contributed by atoms with Gasteiger partial charge in [0.2, 0.25) is 17.6 Å². The minimum absolute atomic E-state index is 0.140. The van der Waals surface area contributed by atoms with Gasteiger partial charge in [0, 0.05) is 0 Å². The van der Waals surface area contributed by atoms with Crippen molar-refractivity contribution in [2.75, 3.05) is 38.5 Å². The third-order valence-electron chi connectivity index (χ3n) is 6.28. The highest BCUT2D eigenvalue weighted by molar-refractivity contribution is 9.10. The van der Waals surface area contributed by atoms with Gasteiger partial charge in [-0.2, -0.15) is 0 Å². The smallest absolute Gasteiger partial charge is 0.257 e. The summed E-state index contributed by atoms with van der Waals surface area (Å²) in [6.45, 7) is 2.89. The molecule has 0 fully saturated rings. The number of halogens is 1. The van der Waals surface area contributed by atoms with E-state index in [2.05, 4.69) is 37.2 Å². The van der Waals surface area contributed by atoms with E-state index in [-0.39, 0.29) is 28.4 Å². The second-order valence-corrected chi connectivity index (χ2v) is 10.2. The van der Waals surface area contributed by atoms with Gasteiger partial charge >= 0.3 is 0 Å². The molecule has 13 nitrogen and oxygen atoms in total. The number of methoxy groups -OCH3 is 3. The minimum Gasteiger partial charge on any atom is -0.493 e. The lowest BCUT2D eigenvalue weighted by molar-refractivity contribution is -0.126. The van der Waals surface area contributed by atoms with E-state index in [0.717, 1.165) is 17.2 Å². The Kier molecular flexibility index (Phi) is 6.76. The van der Waals surface area contributed by atoms with Gasteiger partial charge in [-0.05, 0) is 71.2 Å². The third kappa shape index (κ3) is 6.87. The summed E-state index contributed by atoms with van der Waals surface area (Å²) in [7, 11) is -9.81. The number of rotatable bonds is 10. The predicted octanol–water partition coefficient (Wildman–Crippen LogP) is 3.64. The highest BCUT2D eigenvalue weighted by Gasteiger charge is 2.31. The molecular formula is C30H31BrN4O9. The lowest BCUT2D eigenvalue weighted by Gasteiger charge is -2.19. The van der Waals surface area contributed by atoms with Crippen LogP contribution in [0.3, 0.4) is 0 Å². The van der Waals surface area contributed by atoms with E-state index < -0.39 is 91.2 Å². The summed E-state index contributed by atoms with van der Waals surface area (Å²) >= 11 is 3.05. The number of ether oxygens (including phenoxy) is 4. The first-order valence-corrected chi connectivity index (χ1v) is 13.4. The number of aryl methyl sites for hydroxylation is 2. The second kappa shape index (κ2) is 13.7. The number of anilines is 2. The average Bonchev–Trinajstić information content (AvgIpc) is 3.09. The van der Waals surface area contributed by atoms with Crippen molar-refractivity contribution in [2.24, 2.45) is 0 Å². The Morgan fingerprint density at radius 2 is 1.68 bits per heavy atom. The van der Waals surface area contributed by atoms with Crippen molar-refractivity contribution in [1.82, 2.24) is 10.6 Å². The summed E-state index contributed by atoms with van der Waals surface area (Å²) in [5.74, 6) is -6.16. The molecule has 0 saturated heterocycles. The Balaban J connectivity index is 1.88. The molecule has 4 amide bonds. The first-order chi connectivity index (χ1) is 24.4. The van der Waals surface area contributed by atoms with Crippen LogP contribution in [0, 0.1) is 13.8 Å². The van der Waals surface area contributed by atoms with E-state index in [0.29, 0.717) is 0 Å². The monoisotopic (exact) mass is 679 g/mol. The summed E-state index contributed by atoms with van der Waals surface area (Å²) in [6.07, 6.45) is -0.529. The van der Waals surface area contributed by atoms with Crippen molar-refractivity contribution in [2.45, 2.75) is 26.3 Å². The molecule has 1 heterocycles. The second-order valence-electron chi connectivity index (χ2n) is 9.45. The van der Waals surface area contributed by atoms with Gasteiger partial charge in [-0.15, -0.1) is 0 Å². The van der Waals surface area contributed by atoms with E-state index in [4.69, 9.17) is 36.4 Å². The molecule has 0 aromatic heterocycles. The van der Waals surface area contributed by atoms with Crippen LogP contribution in [-0.2, 0) is 9.59 Å². The molecule has 1 aliphatic rings. The normalized spacial score (nSPS) is 17.8. The predicted molar refractivity (Wildman–Crippen MR) is 164 cm³/mol. The Hall–Kier alpha value is -4.82. The molecule has 0 aliphatic carbocycles. The molecule has 1 aliphatic heterocycles. The van der Waals surface area contributed by atoms with Crippen LogP contribution in [0.1, 0.15) is 50.6 Å². The van der Waals surface area contributed by atoms with Gasteiger partial charge < -0.3 is 45.3 Å². The van der Waals surface area contributed by atoms with Crippen molar-refractivity contribution < 1.29 is 55.6 Å². The van der Waals surface area contributed by atoms with E-state index in [1.165, 1.54) is 12.1 Å². The number of carbonyl (C=O) groups is 4. The highest BCUT2D eigenvalue weighted by atomic mass is 79.9. The van der Waals surface area contributed by atoms with Crippen LogP contribution in [-0.4, -0.2) is 62.6 Å². The average molecular weight is 681 g/mol. The van der Waals surface area contributed by atoms with E-state index in [9.17, 15) is 19.2 Å². The highest BCUT2D eigenvalue weighted by Crippen LogP contribution is 2.45. The summed E-state index contributed by atoms with van der Waals surface area (Å²) in [5.41, 5.74) is 0.561. The quantitative estimate of drug-likeness (QED) is 0.201. The maximum Gasteiger partial charge on any atom is 0.257 e. The van der Waals surface area contributed by atoms with Gasteiger partial charge in [-0.1, -0.05) is 6.07 Å². The lowest BCUT2D eigenvalue weighted by atomic mass is 10.1. The van der Waals surface area contributed by atoms with Crippen LogP contribution in [0.4, 0.5) is 11.4 Å². The molecule has 0 saturated carbocycles. The van der Waals surface area contributed by atoms with Crippen LogP contribution in [0.2, 0.25) is 0 Å². The Labute approximate surface area is 274 Å². The minimum atomic E-state index is -3.28. The Morgan fingerprint density at radius 1 is 0.977 bits per heavy atom. The maximum atomic E-state index is 14.0. The van der Waals surface area contributed by atoms with Crippen molar-refractivity contribution in [3.05, 3.63) is 63.1 Å². The van der Waals surface area contributed by atoms with Crippen LogP contribution in [0.25, 0.3) is 0 Å².